The predicted octanol–water partition coefficient (Wildman–Crippen LogP) is 6.20. The topological polar surface area (TPSA) is 97.0 Å². The summed E-state index contributed by atoms with van der Waals surface area (Å²) in [4.78, 5) is 16.3. The molecular formula is C29H31ClFN3O4. The monoisotopic (exact) mass is 539 g/mol. The Labute approximate surface area is 225 Å². The van der Waals surface area contributed by atoms with Crippen LogP contribution in [0.5, 0.6) is 5.75 Å². The molecule has 5 rings (SSSR count). The molecule has 9 heteroatoms. The van der Waals surface area contributed by atoms with Crippen LogP contribution in [-0.2, 0) is 17.6 Å². The maximum Gasteiger partial charge on any atom is 0.307 e. The van der Waals surface area contributed by atoms with Gasteiger partial charge < -0.3 is 14.9 Å². The van der Waals surface area contributed by atoms with E-state index in [9.17, 15) is 9.90 Å². The lowest BCUT2D eigenvalue weighted by molar-refractivity contribution is -0.136. The first-order chi connectivity index (χ1) is 17.8. The Morgan fingerprint density at radius 3 is 2.58 bits per heavy atom. The zero-order valence-electron chi connectivity index (χ0n) is 22.1. The fourth-order valence-corrected chi connectivity index (χ4v) is 4.68. The number of nitrogens with zero attached hydrogens (tertiary/aromatic N) is 3. The second-order valence-electron chi connectivity index (χ2n) is 10.4. The van der Waals surface area contributed by atoms with Gasteiger partial charge in [0.15, 0.2) is 17.2 Å². The molecule has 0 spiro atoms. The third-order valence-corrected chi connectivity index (χ3v) is 6.28. The molecule has 1 aliphatic rings. The van der Waals surface area contributed by atoms with E-state index in [1.165, 1.54) is 6.07 Å². The molecule has 2 aromatic heterocycles. The zero-order valence-corrected chi connectivity index (χ0v) is 22.9. The van der Waals surface area contributed by atoms with Crippen molar-refractivity contribution >= 4 is 23.2 Å². The van der Waals surface area contributed by atoms with Crippen LogP contribution >= 0.6 is 11.6 Å². The lowest BCUT2D eigenvalue weighted by Crippen LogP contribution is -2.14. The largest absolute Gasteiger partial charge is 0.490 e. The Morgan fingerprint density at radius 2 is 1.92 bits per heavy atom. The molecule has 7 nitrogen and oxygen atoms in total. The molecule has 4 aromatic rings. The molecule has 0 bridgehead atoms. The van der Waals surface area contributed by atoms with E-state index in [-0.39, 0.29) is 12.2 Å². The van der Waals surface area contributed by atoms with Crippen LogP contribution in [0.4, 0.5) is 4.39 Å². The van der Waals surface area contributed by atoms with Crippen LogP contribution in [0.25, 0.3) is 28.2 Å². The minimum absolute atomic E-state index is 0.259. The third kappa shape index (κ3) is 5.97. The van der Waals surface area contributed by atoms with E-state index in [2.05, 4.69) is 4.98 Å². The van der Waals surface area contributed by atoms with Crippen molar-refractivity contribution in [1.82, 2.24) is 14.6 Å². The Balaban J connectivity index is 0.000000617. The van der Waals surface area contributed by atoms with E-state index in [0.717, 1.165) is 23.1 Å². The first-order valence-corrected chi connectivity index (χ1v) is 12.8. The lowest BCUT2D eigenvalue weighted by atomic mass is 9.91. The molecule has 0 amide bonds. The molecular weight excluding hydrogens is 509 g/mol. The van der Waals surface area contributed by atoms with E-state index < -0.39 is 17.4 Å². The van der Waals surface area contributed by atoms with Crippen LogP contribution in [-0.4, -0.2) is 43.0 Å². The highest BCUT2D eigenvalue weighted by atomic mass is 35.5. The summed E-state index contributed by atoms with van der Waals surface area (Å²) < 4.78 is 22.3. The van der Waals surface area contributed by atoms with Crippen molar-refractivity contribution in [2.75, 3.05) is 6.61 Å². The highest BCUT2D eigenvalue weighted by Gasteiger charge is 2.26. The lowest BCUT2D eigenvalue weighted by Gasteiger charge is -2.23. The fourth-order valence-electron chi connectivity index (χ4n) is 4.49. The van der Waals surface area contributed by atoms with Gasteiger partial charge in [-0.25, -0.2) is 13.9 Å². The van der Waals surface area contributed by atoms with Crippen LogP contribution in [0.2, 0.25) is 5.02 Å². The second kappa shape index (κ2) is 10.7. The van der Waals surface area contributed by atoms with E-state index in [0.29, 0.717) is 51.9 Å². The molecule has 1 aliphatic heterocycles. The number of hydrogen-bond acceptors (Lipinski definition) is 5. The van der Waals surface area contributed by atoms with Gasteiger partial charge in [0.1, 0.15) is 0 Å². The van der Waals surface area contributed by atoms with Gasteiger partial charge in [-0.1, -0.05) is 23.7 Å². The fraction of sp³-hybridized carbons (Fsp3) is 0.345. The van der Waals surface area contributed by atoms with E-state index in [1.807, 2.05) is 25.1 Å². The Hall–Kier alpha value is -3.49. The summed E-state index contributed by atoms with van der Waals surface area (Å²) in [5.74, 6) is -1.18. The van der Waals surface area contributed by atoms with Crippen LogP contribution in [0, 0.1) is 19.7 Å². The number of ether oxygens (including phenoxy) is 1. The summed E-state index contributed by atoms with van der Waals surface area (Å²) in [6.07, 6.45) is 1.23. The van der Waals surface area contributed by atoms with Gasteiger partial charge in [-0.05, 0) is 71.2 Å². The molecule has 0 saturated carbocycles. The molecule has 38 heavy (non-hydrogen) atoms. The van der Waals surface area contributed by atoms with Gasteiger partial charge in [0.2, 0.25) is 0 Å². The highest BCUT2D eigenvalue weighted by Crippen LogP contribution is 2.39. The smallest absolute Gasteiger partial charge is 0.307 e. The van der Waals surface area contributed by atoms with Crippen LogP contribution in [0.1, 0.15) is 49.6 Å². The number of aliphatic carboxylic acids is 1. The van der Waals surface area contributed by atoms with Crippen molar-refractivity contribution in [2.24, 2.45) is 0 Å². The number of aromatic nitrogens is 3. The summed E-state index contributed by atoms with van der Waals surface area (Å²) in [7, 11) is 0. The van der Waals surface area contributed by atoms with Gasteiger partial charge >= 0.3 is 5.97 Å². The van der Waals surface area contributed by atoms with Crippen LogP contribution in [0.15, 0.2) is 36.4 Å². The number of carboxylic acid groups (broad SMARTS) is 1. The number of carbonyl (C=O) groups is 1. The number of aryl methyl sites for hydroxylation is 1. The first kappa shape index (κ1) is 27.5. The number of aliphatic hydroxyl groups is 1. The number of benzene rings is 2. The minimum Gasteiger partial charge on any atom is -0.490 e. The third-order valence-electron chi connectivity index (χ3n) is 6.05. The van der Waals surface area contributed by atoms with Gasteiger partial charge in [-0.2, -0.15) is 5.10 Å². The standard InChI is InChI=1S/C25H21ClFN3O3.C4H10O/c1-13-17-7-4-8-33-25(17)20(27)10-18(13)24-19(11-23(31)32)14(2)28-22-12-21(29-30(22)24)15-5-3-6-16(26)9-15;1-4(2,3)5/h3,5-6,9-10,12H,4,7-8,11H2,1-2H3,(H,31,32);5H,1-3H3. The van der Waals surface area contributed by atoms with Crippen molar-refractivity contribution in [3.05, 3.63) is 69.6 Å². The van der Waals surface area contributed by atoms with Gasteiger partial charge in [-0.15, -0.1) is 0 Å². The van der Waals surface area contributed by atoms with Crippen LogP contribution < -0.4 is 4.74 Å². The number of carboxylic acids is 1. The molecule has 0 aliphatic carbocycles. The van der Waals surface area contributed by atoms with Crippen molar-refractivity contribution in [3.8, 4) is 28.3 Å². The molecule has 0 saturated heterocycles. The van der Waals surface area contributed by atoms with E-state index in [1.54, 1.807) is 44.3 Å². The number of hydrogen-bond donors (Lipinski definition) is 2. The van der Waals surface area contributed by atoms with Crippen molar-refractivity contribution in [3.63, 3.8) is 0 Å². The van der Waals surface area contributed by atoms with Crippen molar-refractivity contribution in [2.45, 2.75) is 59.5 Å². The maximum absolute atomic E-state index is 15.1. The quantitative estimate of drug-likeness (QED) is 0.320. The van der Waals surface area contributed by atoms with Crippen molar-refractivity contribution < 1.29 is 24.1 Å². The summed E-state index contributed by atoms with van der Waals surface area (Å²) >= 11 is 6.17. The summed E-state index contributed by atoms with van der Waals surface area (Å²) in [6.45, 7) is 9.39. The van der Waals surface area contributed by atoms with Gasteiger partial charge in [0.25, 0.3) is 0 Å². The van der Waals surface area contributed by atoms with E-state index >= 15 is 4.39 Å². The summed E-state index contributed by atoms with van der Waals surface area (Å²) in [6, 6.07) is 10.5. The average molecular weight is 540 g/mol. The van der Waals surface area contributed by atoms with Gasteiger partial charge in [0.05, 0.1) is 30.0 Å². The minimum atomic E-state index is -0.998. The van der Waals surface area contributed by atoms with E-state index in [4.69, 9.17) is 26.5 Å². The average Bonchev–Trinajstić information content (AvgIpc) is 3.24. The first-order valence-electron chi connectivity index (χ1n) is 12.4. The van der Waals surface area contributed by atoms with Crippen molar-refractivity contribution in [1.29, 1.82) is 0 Å². The Bertz CT molecular complexity index is 1520. The predicted molar refractivity (Wildman–Crippen MR) is 145 cm³/mol. The highest BCUT2D eigenvalue weighted by molar-refractivity contribution is 6.30. The summed E-state index contributed by atoms with van der Waals surface area (Å²) in [5, 5.41) is 23.4. The molecule has 0 unspecified atom stereocenters. The SMILES string of the molecule is CC(C)(C)O.Cc1nc2cc(-c3cccc(Cl)c3)nn2c(-c2cc(F)c3c(c2C)CCCO3)c1CC(=O)O. The maximum atomic E-state index is 15.1. The Morgan fingerprint density at radius 1 is 1.21 bits per heavy atom. The second-order valence-corrected chi connectivity index (χ2v) is 10.8. The molecule has 2 aromatic carbocycles. The Kier molecular flexibility index (Phi) is 7.76. The normalized spacial score (nSPS) is 12.9. The molecule has 3 heterocycles. The molecule has 0 radical (unpaired) electrons. The molecule has 200 valence electrons. The number of rotatable bonds is 4. The summed E-state index contributed by atoms with van der Waals surface area (Å²) in [5.41, 5.74) is 5.31. The van der Waals surface area contributed by atoms with Crippen LogP contribution in [0.3, 0.4) is 0 Å². The zero-order chi connectivity index (χ0) is 27.8. The molecule has 2 N–H and O–H groups in total. The van der Waals surface area contributed by atoms with Gasteiger partial charge in [-0.3, -0.25) is 4.79 Å². The number of fused-ring (bicyclic) bond motifs is 2. The molecule has 0 atom stereocenters. The van der Waals surface area contributed by atoms with Gasteiger partial charge in [0, 0.05) is 39.0 Å². The number of halogens is 2. The molecule has 0 fully saturated rings.